The lowest BCUT2D eigenvalue weighted by Crippen LogP contribution is -2.05. The fourth-order valence-electron chi connectivity index (χ4n) is 1.48. The molecule has 0 spiro atoms. The molecule has 0 saturated carbocycles. The van der Waals surface area contributed by atoms with E-state index in [1.807, 2.05) is 7.05 Å². The highest BCUT2D eigenvalue weighted by atomic mass is 14.8. The molecule has 1 aromatic carbocycles. The maximum absolute atomic E-state index is 3.23. The Morgan fingerprint density at radius 2 is 1.69 bits per heavy atom. The molecule has 0 saturated heterocycles. The highest BCUT2D eigenvalue weighted by molar-refractivity contribution is 5.52. The van der Waals surface area contributed by atoms with Gasteiger partial charge in [0.15, 0.2) is 0 Å². The van der Waals surface area contributed by atoms with Crippen LogP contribution < -0.4 is 5.32 Å². The summed E-state index contributed by atoms with van der Waals surface area (Å²) < 4.78 is 0. The molecule has 0 amide bonds. The largest absolute Gasteiger partial charge is 0.388 e. The van der Waals surface area contributed by atoms with Crippen LogP contribution >= 0.6 is 0 Å². The van der Waals surface area contributed by atoms with E-state index in [9.17, 15) is 0 Å². The lowest BCUT2D eigenvalue weighted by Gasteiger charge is -2.19. The van der Waals surface area contributed by atoms with Crippen molar-refractivity contribution in [2.45, 2.75) is 26.7 Å². The monoisotopic (exact) mass is 177 g/mol. The number of hydrogen-bond acceptors (Lipinski definition) is 1. The van der Waals surface area contributed by atoms with Crippen molar-refractivity contribution in [3.63, 3.8) is 0 Å². The van der Waals surface area contributed by atoms with Crippen LogP contribution in [-0.4, -0.2) is 7.05 Å². The number of hydrogen-bond donors (Lipinski definition) is 1. The van der Waals surface area contributed by atoms with Crippen LogP contribution in [0.4, 0.5) is 5.69 Å². The van der Waals surface area contributed by atoms with E-state index in [0.29, 0.717) is 11.8 Å². The van der Waals surface area contributed by atoms with Gasteiger partial charge in [-0.1, -0.05) is 39.0 Å². The lowest BCUT2D eigenvalue weighted by atomic mass is 9.89. The van der Waals surface area contributed by atoms with Crippen molar-refractivity contribution in [3.05, 3.63) is 29.8 Å². The second-order valence-corrected chi connectivity index (χ2v) is 3.87. The van der Waals surface area contributed by atoms with Crippen molar-refractivity contribution >= 4 is 5.69 Å². The van der Waals surface area contributed by atoms with Crippen molar-refractivity contribution in [3.8, 4) is 0 Å². The summed E-state index contributed by atoms with van der Waals surface area (Å²) in [5, 5.41) is 3.23. The first-order valence-corrected chi connectivity index (χ1v) is 4.93. The molecule has 0 radical (unpaired) electrons. The van der Waals surface area contributed by atoms with Gasteiger partial charge in [-0.15, -0.1) is 0 Å². The van der Waals surface area contributed by atoms with Gasteiger partial charge in [0.2, 0.25) is 0 Å². The third-order valence-electron chi connectivity index (χ3n) is 2.72. The highest BCUT2D eigenvalue weighted by Gasteiger charge is 2.12. The molecule has 0 aliphatic carbocycles. The normalized spacial score (nSPS) is 13.0. The third kappa shape index (κ3) is 2.24. The SMILES string of the molecule is CNc1ccccc1C(C)C(C)C. The van der Waals surface area contributed by atoms with E-state index in [0.717, 1.165) is 0 Å². The maximum Gasteiger partial charge on any atom is 0.0372 e. The van der Waals surface area contributed by atoms with Crippen LogP contribution in [0.1, 0.15) is 32.3 Å². The standard InChI is InChI=1S/C12H19N/c1-9(2)10(3)11-7-5-6-8-12(11)13-4/h5-10,13H,1-4H3. The Morgan fingerprint density at radius 3 is 2.23 bits per heavy atom. The number of anilines is 1. The molecular weight excluding hydrogens is 158 g/mol. The molecule has 0 bridgehead atoms. The molecule has 0 aliphatic rings. The van der Waals surface area contributed by atoms with Crippen molar-refractivity contribution in [2.75, 3.05) is 12.4 Å². The van der Waals surface area contributed by atoms with Crippen LogP contribution in [0.3, 0.4) is 0 Å². The molecule has 1 aromatic rings. The van der Waals surface area contributed by atoms with Crippen molar-refractivity contribution in [2.24, 2.45) is 5.92 Å². The molecule has 0 aliphatic heterocycles. The van der Waals surface area contributed by atoms with E-state index >= 15 is 0 Å². The Hall–Kier alpha value is -0.980. The second kappa shape index (κ2) is 4.31. The smallest absolute Gasteiger partial charge is 0.0372 e. The van der Waals surface area contributed by atoms with Gasteiger partial charge in [-0.3, -0.25) is 0 Å². The number of para-hydroxylation sites is 1. The summed E-state index contributed by atoms with van der Waals surface area (Å²) in [5.41, 5.74) is 2.67. The van der Waals surface area contributed by atoms with Gasteiger partial charge < -0.3 is 5.32 Å². The minimum atomic E-state index is 0.614. The molecule has 1 heteroatoms. The Balaban J connectivity index is 2.98. The molecule has 1 rings (SSSR count). The molecule has 0 fully saturated rings. The van der Waals surface area contributed by atoms with Crippen molar-refractivity contribution in [1.29, 1.82) is 0 Å². The fourth-order valence-corrected chi connectivity index (χ4v) is 1.48. The second-order valence-electron chi connectivity index (χ2n) is 3.87. The van der Waals surface area contributed by atoms with Crippen LogP contribution in [0.5, 0.6) is 0 Å². The first kappa shape index (κ1) is 10.1. The van der Waals surface area contributed by atoms with Gasteiger partial charge in [0, 0.05) is 12.7 Å². The highest BCUT2D eigenvalue weighted by Crippen LogP contribution is 2.29. The fraction of sp³-hybridized carbons (Fsp3) is 0.500. The first-order chi connectivity index (χ1) is 6.16. The maximum atomic E-state index is 3.23. The Bertz CT molecular complexity index is 266. The molecule has 13 heavy (non-hydrogen) atoms. The van der Waals surface area contributed by atoms with Gasteiger partial charge in [-0.25, -0.2) is 0 Å². The summed E-state index contributed by atoms with van der Waals surface area (Å²) >= 11 is 0. The first-order valence-electron chi connectivity index (χ1n) is 4.93. The van der Waals surface area contributed by atoms with E-state index in [4.69, 9.17) is 0 Å². The van der Waals surface area contributed by atoms with Gasteiger partial charge in [0.25, 0.3) is 0 Å². The van der Waals surface area contributed by atoms with Crippen LogP contribution in [0.15, 0.2) is 24.3 Å². The summed E-state index contributed by atoms with van der Waals surface area (Å²) in [6.45, 7) is 6.80. The zero-order valence-corrected chi connectivity index (χ0v) is 8.96. The lowest BCUT2D eigenvalue weighted by molar-refractivity contribution is 0.536. The minimum absolute atomic E-state index is 0.614. The Morgan fingerprint density at radius 1 is 1.08 bits per heavy atom. The van der Waals surface area contributed by atoms with E-state index in [1.165, 1.54) is 11.3 Å². The summed E-state index contributed by atoms with van der Waals surface area (Å²) in [6, 6.07) is 8.52. The van der Waals surface area contributed by atoms with Crippen molar-refractivity contribution in [1.82, 2.24) is 0 Å². The summed E-state index contributed by atoms with van der Waals surface area (Å²) in [5.74, 6) is 1.30. The minimum Gasteiger partial charge on any atom is -0.388 e. The number of benzene rings is 1. The van der Waals surface area contributed by atoms with Gasteiger partial charge in [0.05, 0.1) is 0 Å². The van der Waals surface area contributed by atoms with Gasteiger partial charge in [-0.05, 0) is 23.5 Å². The van der Waals surface area contributed by atoms with Gasteiger partial charge in [-0.2, -0.15) is 0 Å². The van der Waals surface area contributed by atoms with E-state index in [2.05, 4.69) is 50.4 Å². The number of nitrogens with one attached hydrogen (secondary N) is 1. The van der Waals surface area contributed by atoms with Gasteiger partial charge in [0.1, 0.15) is 0 Å². The molecular formula is C12H19N. The van der Waals surface area contributed by atoms with Crippen LogP contribution in [0.25, 0.3) is 0 Å². The van der Waals surface area contributed by atoms with E-state index in [1.54, 1.807) is 0 Å². The molecule has 1 unspecified atom stereocenters. The quantitative estimate of drug-likeness (QED) is 0.745. The molecule has 1 N–H and O–H groups in total. The summed E-state index contributed by atoms with van der Waals surface area (Å²) in [4.78, 5) is 0. The Labute approximate surface area is 81.2 Å². The average molecular weight is 177 g/mol. The molecule has 1 nitrogen and oxygen atoms in total. The molecule has 0 heterocycles. The third-order valence-corrected chi connectivity index (χ3v) is 2.72. The van der Waals surface area contributed by atoms with E-state index < -0.39 is 0 Å². The Kier molecular flexibility index (Phi) is 3.35. The van der Waals surface area contributed by atoms with Crippen molar-refractivity contribution < 1.29 is 0 Å². The van der Waals surface area contributed by atoms with Gasteiger partial charge >= 0.3 is 0 Å². The predicted molar refractivity (Wildman–Crippen MR) is 59.2 cm³/mol. The zero-order valence-electron chi connectivity index (χ0n) is 8.96. The molecule has 72 valence electrons. The molecule has 1 atom stereocenters. The summed E-state index contributed by atoms with van der Waals surface area (Å²) in [6.07, 6.45) is 0. The summed E-state index contributed by atoms with van der Waals surface area (Å²) in [7, 11) is 1.98. The van der Waals surface area contributed by atoms with Crippen LogP contribution in [0, 0.1) is 5.92 Å². The number of rotatable bonds is 3. The van der Waals surface area contributed by atoms with Crippen LogP contribution in [0.2, 0.25) is 0 Å². The molecule has 0 aromatic heterocycles. The topological polar surface area (TPSA) is 12.0 Å². The van der Waals surface area contributed by atoms with E-state index in [-0.39, 0.29) is 0 Å². The van der Waals surface area contributed by atoms with Crippen LogP contribution in [-0.2, 0) is 0 Å². The predicted octanol–water partition coefficient (Wildman–Crippen LogP) is 3.49. The zero-order chi connectivity index (χ0) is 9.84. The average Bonchev–Trinajstić information content (AvgIpc) is 2.16.